The van der Waals surface area contributed by atoms with Gasteiger partial charge in [-0.25, -0.2) is 0 Å². The van der Waals surface area contributed by atoms with Crippen molar-refractivity contribution in [1.82, 2.24) is 9.72 Å². The Morgan fingerprint density at radius 2 is 1.96 bits per heavy atom. The Balaban J connectivity index is 1.59. The van der Waals surface area contributed by atoms with Crippen molar-refractivity contribution in [3.05, 3.63) is 75.1 Å². The second-order valence-corrected chi connectivity index (χ2v) is 6.62. The smallest absolute Gasteiger partial charge is 0.325 e. The van der Waals surface area contributed by atoms with Gasteiger partial charge in [-0.2, -0.15) is 5.26 Å². The normalized spacial score (nSPS) is 10.3. The van der Waals surface area contributed by atoms with Crippen LogP contribution in [-0.4, -0.2) is 22.8 Å². The number of hydrogen-bond donors (Lipinski definition) is 1. The molecular formula is C19H14IN3O3. The van der Waals surface area contributed by atoms with Gasteiger partial charge in [0.2, 0.25) is 0 Å². The van der Waals surface area contributed by atoms with Gasteiger partial charge >= 0.3 is 5.97 Å². The second-order valence-electron chi connectivity index (χ2n) is 5.46. The van der Waals surface area contributed by atoms with Crippen LogP contribution in [0.25, 0.3) is 5.52 Å². The highest BCUT2D eigenvalue weighted by Crippen LogP contribution is 2.18. The van der Waals surface area contributed by atoms with Crippen molar-refractivity contribution >= 4 is 40.0 Å². The first-order valence-electron chi connectivity index (χ1n) is 7.77. The minimum atomic E-state index is -0.566. The summed E-state index contributed by atoms with van der Waals surface area (Å²) in [4.78, 5) is 24.0. The molecule has 2 heterocycles. The molecule has 1 amide bonds. The van der Waals surface area contributed by atoms with Crippen LogP contribution in [0, 0.1) is 14.9 Å². The van der Waals surface area contributed by atoms with Gasteiger partial charge in [-0.15, -0.1) is 0 Å². The number of aromatic nitrogens is 1. The number of benzene rings is 1. The maximum Gasteiger partial charge on any atom is 0.325 e. The van der Waals surface area contributed by atoms with Crippen LogP contribution in [-0.2, 0) is 16.1 Å². The zero-order valence-corrected chi connectivity index (χ0v) is 15.8. The Hall–Kier alpha value is -2.86. The number of pyridine rings is 1. The van der Waals surface area contributed by atoms with Crippen molar-refractivity contribution in [1.29, 1.82) is 5.26 Å². The van der Waals surface area contributed by atoms with E-state index in [-0.39, 0.29) is 19.1 Å². The van der Waals surface area contributed by atoms with E-state index >= 15 is 0 Å². The minimum absolute atomic E-state index is 0.0256. The molecule has 3 aromatic rings. The number of nitrogens with one attached hydrogen (secondary N) is 1. The molecule has 1 aromatic carbocycles. The second kappa shape index (κ2) is 8.01. The lowest BCUT2D eigenvalue weighted by Crippen LogP contribution is -2.31. The number of nitrogens with zero attached hydrogens (tertiary/aromatic N) is 2. The van der Waals surface area contributed by atoms with E-state index < -0.39 is 5.97 Å². The molecule has 3 rings (SSSR count). The SMILES string of the molecule is N#Cc1c(COC(=O)CNC(=O)c2ccccc2I)cn2ccccc12. The van der Waals surface area contributed by atoms with Crippen LogP contribution in [0.4, 0.5) is 0 Å². The van der Waals surface area contributed by atoms with Gasteiger partial charge in [-0.3, -0.25) is 9.59 Å². The van der Waals surface area contributed by atoms with Crippen molar-refractivity contribution in [2.75, 3.05) is 6.54 Å². The molecule has 0 radical (unpaired) electrons. The van der Waals surface area contributed by atoms with Crippen LogP contribution in [0.1, 0.15) is 21.5 Å². The van der Waals surface area contributed by atoms with Gasteiger partial charge < -0.3 is 14.5 Å². The van der Waals surface area contributed by atoms with E-state index in [1.54, 1.807) is 22.7 Å². The Kier molecular flexibility index (Phi) is 5.53. The summed E-state index contributed by atoms with van der Waals surface area (Å²) >= 11 is 2.06. The molecule has 0 unspecified atom stereocenters. The van der Waals surface area contributed by atoms with Crippen LogP contribution in [0.3, 0.4) is 0 Å². The quantitative estimate of drug-likeness (QED) is 0.470. The molecule has 0 bridgehead atoms. The van der Waals surface area contributed by atoms with Gasteiger partial charge in [0.05, 0.1) is 16.6 Å². The maximum atomic E-state index is 12.1. The molecule has 7 heteroatoms. The number of fused-ring (bicyclic) bond motifs is 1. The average molecular weight is 459 g/mol. The molecule has 1 N–H and O–H groups in total. The first kappa shape index (κ1) is 17.9. The van der Waals surface area contributed by atoms with Crippen LogP contribution in [0.2, 0.25) is 0 Å². The predicted octanol–water partition coefficient (Wildman–Crippen LogP) is 2.89. The molecule has 0 atom stereocenters. The largest absolute Gasteiger partial charge is 0.459 e. The number of carbonyl (C=O) groups excluding carboxylic acids is 2. The Labute approximate surface area is 163 Å². The minimum Gasteiger partial charge on any atom is -0.459 e. The van der Waals surface area contributed by atoms with E-state index in [1.165, 1.54) is 0 Å². The molecule has 0 fully saturated rings. The van der Waals surface area contributed by atoms with Crippen LogP contribution < -0.4 is 5.32 Å². The number of halogens is 1. The van der Waals surface area contributed by atoms with Gasteiger partial charge in [-0.1, -0.05) is 18.2 Å². The standard InChI is InChI=1S/C19H14IN3O3/c20-16-6-2-1-5-14(16)19(25)22-10-18(24)26-12-13-11-23-8-4-3-7-17(23)15(13)9-21/h1-8,11H,10,12H2,(H,22,25). The molecule has 0 saturated carbocycles. The fraction of sp³-hybridized carbons (Fsp3) is 0.105. The highest BCUT2D eigenvalue weighted by Gasteiger charge is 2.14. The molecule has 0 aliphatic rings. The zero-order chi connectivity index (χ0) is 18.5. The number of rotatable bonds is 5. The highest BCUT2D eigenvalue weighted by atomic mass is 127. The van der Waals surface area contributed by atoms with E-state index in [9.17, 15) is 14.9 Å². The lowest BCUT2D eigenvalue weighted by Gasteiger charge is -2.07. The summed E-state index contributed by atoms with van der Waals surface area (Å²) in [7, 11) is 0. The van der Waals surface area contributed by atoms with Crippen molar-refractivity contribution in [2.24, 2.45) is 0 Å². The summed E-state index contributed by atoms with van der Waals surface area (Å²) in [6, 6.07) is 14.8. The van der Waals surface area contributed by atoms with Gasteiger partial charge in [0.1, 0.15) is 19.2 Å². The van der Waals surface area contributed by atoms with E-state index in [0.717, 1.165) is 9.09 Å². The molecule has 6 nitrogen and oxygen atoms in total. The number of carbonyl (C=O) groups is 2. The van der Waals surface area contributed by atoms with Crippen LogP contribution in [0.15, 0.2) is 54.9 Å². The Morgan fingerprint density at radius 1 is 1.19 bits per heavy atom. The molecule has 0 aliphatic heterocycles. The molecule has 0 saturated heterocycles. The summed E-state index contributed by atoms with van der Waals surface area (Å²) in [6.45, 7) is -0.263. The van der Waals surface area contributed by atoms with Crippen molar-refractivity contribution < 1.29 is 14.3 Å². The van der Waals surface area contributed by atoms with Crippen molar-refractivity contribution in [3.8, 4) is 6.07 Å². The third-order valence-electron chi connectivity index (χ3n) is 3.77. The number of esters is 1. The molecule has 2 aromatic heterocycles. The molecule has 26 heavy (non-hydrogen) atoms. The van der Waals surface area contributed by atoms with E-state index in [4.69, 9.17) is 4.74 Å². The first-order chi connectivity index (χ1) is 12.6. The number of hydrogen-bond acceptors (Lipinski definition) is 4. The number of amides is 1. The van der Waals surface area contributed by atoms with E-state index in [0.29, 0.717) is 16.7 Å². The molecule has 0 spiro atoms. The number of ether oxygens (including phenoxy) is 1. The maximum absolute atomic E-state index is 12.1. The topological polar surface area (TPSA) is 83.6 Å². The van der Waals surface area contributed by atoms with Gasteiger partial charge in [0, 0.05) is 21.5 Å². The summed E-state index contributed by atoms with van der Waals surface area (Å²) in [5.74, 6) is -0.900. The lowest BCUT2D eigenvalue weighted by atomic mass is 10.2. The summed E-state index contributed by atoms with van der Waals surface area (Å²) in [6.07, 6.45) is 3.58. The Bertz CT molecular complexity index is 1020. The van der Waals surface area contributed by atoms with E-state index in [2.05, 4.69) is 34.0 Å². The average Bonchev–Trinajstić information content (AvgIpc) is 3.02. The number of nitriles is 1. The fourth-order valence-electron chi connectivity index (χ4n) is 2.52. The molecule has 0 aliphatic carbocycles. The van der Waals surface area contributed by atoms with Crippen LogP contribution in [0.5, 0.6) is 0 Å². The monoisotopic (exact) mass is 459 g/mol. The predicted molar refractivity (Wildman–Crippen MR) is 103 cm³/mol. The van der Waals surface area contributed by atoms with Crippen molar-refractivity contribution in [3.63, 3.8) is 0 Å². The summed E-state index contributed by atoms with van der Waals surface area (Å²) in [5, 5.41) is 11.9. The van der Waals surface area contributed by atoms with Crippen LogP contribution >= 0.6 is 22.6 Å². The van der Waals surface area contributed by atoms with E-state index in [1.807, 2.05) is 36.5 Å². The lowest BCUT2D eigenvalue weighted by molar-refractivity contribution is -0.143. The van der Waals surface area contributed by atoms with Gasteiger partial charge in [0.15, 0.2) is 0 Å². The fourth-order valence-corrected chi connectivity index (χ4v) is 3.15. The van der Waals surface area contributed by atoms with Crippen molar-refractivity contribution in [2.45, 2.75) is 6.61 Å². The summed E-state index contributed by atoms with van der Waals surface area (Å²) < 4.78 is 7.80. The Morgan fingerprint density at radius 3 is 2.73 bits per heavy atom. The van der Waals surface area contributed by atoms with Gasteiger partial charge in [0.25, 0.3) is 5.91 Å². The summed E-state index contributed by atoms with van der Waals surface area (Å²) in [5.41, 5.74) is 2.36. The third kappa shape index (κ3) is 3.86. The molecular weight excluding hydrogens is 445 g/mol. The zero-order valence-electron chi connectivity index (χ0n) is 13.6. The van der Waals surface area contributed by atoms with Gasteiger partial charge in [-0.05, 0) is 46.9 Å². The molecule has 130 valence electrons. The highest BCUT2D eigenvalue weighted by molar-refractivity contribution is 14.1. The third-order valence-corrected chi connectivity index (χ3v) is 4.72. The first-order valence-corrected chi connectivity index (χ1v) is 8.85.